The number of amides is 1. The van der Waals surface area contributed by atoms with Crippen LogP contribution in [0.3, 0.4) is 0 Å². The molecule has 1 aromatic carbocycles. The van der Waals surface area contributed by atoms with Gasteiger partial charge < -0.3 is 4.74 Å². The average Bonchev–Trinajstić information content (AvgIpc) is 2.77. The summed E-state index contributed by atoms with van der Waals surface area (Å²) >= 11 is 5.83. The molecular formula is C20H20ClFN4O4S. The minimum absolute atomic E-state index is 0.0509. The first kappa shape index (κ1) is 20.6. The monoisotopic (exact) mass is 466 g/mol. The average molecular weight is 467 g/mol. The largest absolute Gasteiger partial charge is 0.475 e. The molecule has 8 nitrogen and oxygen atoms in total. The number of nitrogens with zero attached hydrogens (tertiary/aromatic N) is 4. The van der Waals surface area contributed by atoms with E-state index in [0.717, 1.165) is 12.5 Å². The van der Waals surface area contributed by atoms with Crippen LogP contribution in [0.2, 0.25) is 5.28 Å². The number of benzene rings is 1. The zero-order valence-electron chi connectivity index (χ0n) is 16.7. The molecule has 1 saturated carbocycles. The summed E-state index contributed by atoms with van der Waals surface area (Å²) in [5, 5.41) is 1.85. The first-order chi connectivity index (χ1) is 14.7. The van der Waals surface area contributed by atoms with Crippen LogP contribution in [-0.2, 0) is 9.84 Å². The van der Waals surface area contributed by atoms with E-state index in [1.807, 2.05) is 0 Å². The SMILES string of the molecule is C[C@@H]1COc2nc(Cl)ncc2C(=O)N1N1CC2(CCC2)[C@H]1S(=O)(=O)c1ccccc1F. The molecule has 164 valence electrons. The molecule has 3 aliphatic rings. The van der Waals surface area contributed by atoms with Crippen molar-refractivity contribution in [2.75, 3.05) is 13.2 Å². The number of halogens is 2. The van der Waals surface area contributed by atoms with E-state index in [1.165, 1.54) is 29.4 Å². The molecule has 1 aliphatic carbocycles. The predicted octanol–water partition coefficient (Wildman–Crippen LogP) is 2.69. The number of ether oxygens (including phenoxy) is 1. The van der Waals surface area contributed by atoms with Crippen molar-refractivity contribution in [1.82, 2.24) is 20.0 Å². The maximum atomic E-state index is 14.5. The molecule has 31 heavy (non-hydrogen) atoms. The van der Waals surface area contributed by atoms with Gasteiger partial charge in [-0.2, -0.15) is 9.99 Å². The van der Waals surface area contributed by atoms with Crippen molar-refractivity contribution < 1.29 is 22.3 Å². The minimum Gasteiger partial charge on any atom is -0.475 e. The first-order valence-electron chi connectivity index (χ1n) is 9.98. The summed E-state index contributed by atoms with van der Waals surface area (Å²) in [6.07, 6.45) is 3.60. The zero-order valence-corrected chi connectivity index (χ0v) is 18.2. The number of carbonyl (C=O) groups is 1. The minimum atomic E-state index is -4.08. The van der Waals surface area contributed by atoms with E-state index in [9.17, 15) is 17.6 Å². The fraction of sp³-hybridized carbons (Fsp3) is 0.450. The van der Waals surface area contributed by atoms with Crippen LogP contribution in [-0.4, -0.2) is 58.9 Å². The van der Waals surface area contributed by atoms with Gasteiger partial charge in [0.1, 0.15) is 28.3 Å². The highest BCUT2D eigenvalue weighted by Crippen LogP contribution is 2.57. The number of hydrogen-bond donors (Lipinski definition) is 0. The van der Waals surface area contributed by atoms with Gasteiger partial charge in [0, 0.05) is 18.2 Å². The van der Waals surface area contributed by atoms with Gasteiger partial charge in [-0.3, -0.25) is 9.80 Å². The molecule has 1 amide bonds. The molecule has 1 aromatic heterocycles. The number of aromatic nitrogens is 2. The Balaban J connectivity index is 1.57. The predicted molar refractivity (Wildman–Crippen MR) is 109 cm³/mol. The summed E-state index contributed by atoms with van der Waals surface area (Å²) < 4.78 is 47.3. The molecule has 11 heteroatoms. The third-order valence-corrected chi connectivity index (χ3v) is 8.83. The molecule has 5 rings (SSSR count). The van der Waals surface area contributed by atoms with Crippen LogP contribution >= 0.6 is 11.6 Å². The van der Waals surface area contributed by atoms with Gasteiger partial charge in [-0.05, 0) is 43.5 Å². The van der Waals surface area contributed by atoms with Gasteiger partial charge in [0.2, 0.25) is 11.2 Å². The topological polar surface area (TPSA) is 92.7 Å². The summed E-state index contributed by atoms with van der Waals surface area (Å²) in [5.74, 6) is -1.21. The standard InChI is InChI=1S/C20H20ClFN4O4S/c1-12-10-30-16-13(9-23-19(21)24-16)17(27)26(12)25-11-20(7-4-8-20)18(25)31(28,29)15-6-3-2-5-14(15)22/h2-3,5-6,9,12,18H,4,7-8,10-11H2,1H3/t12-,18-/m1/s1. The van der Waals surface area contributed by atoms with Crippen LogP contribution in [0.4, 0.5) is 4.39 Å². The zero-order chi connectivity index (χ0) is 22.0. The lowest BCUT2D eigenvalue weighted by Crippen LogP contribution is -2.75. The number of fused-ring (bicyclic) bond motifs is 1. The second-order valence-electron chi connectivity index (χ2n) is 8.31. The Bertz CT molecular complexity index is 1170. The summed E-state index contributed by atoms with van der Waals surface area (Å²) in [5.41, 5.74) is -0.390. The van der Waals surface area contributed by atoms with E-state index in [1.54, 1.807) is 11.9 Å². The molecule has 1 spiro atoms. The summed E-state index contributed by atoms with van der Waals surface area (Å²) in [6.45, 7) is 2.25. The molecule has 2 aliphatic heterocycles. The Morgan fingerprint density at radius 3 is 2.71 bits per heavy atom. The fourth-order valence-electron chi connectivity index (χ4n) is 4.76. The number of hydrogen-bond acceptors (Lipinski definition) is 7. The first-order valence-corrected chi connectivity index (χ1v) is 11.9. The highest BCUT2D eigenvalue weighted by molar-refractivity contribution is 7.92. The Kier molecular flexibility index (Phi) is 4.72. The van der Waals surface area contributed by atoms with Gasteiger partial charge in [0.05, 0.1) is 6.04 Å². The van der Waals surface area contributed by atoms with Crippen LogP contribution in [0, 0.1) is 11.2 Å². The normalized spacial score (nSPS) is 25.3. The Hall–Kier alpha value is -2.30. The van der Waals surface area contributed by atoms with Crippen molar-refractivity contribution in [2.45, 2.75) is 42.5 Å². The van der Waals surface area contributed by atoms with E-state index >= 15 is 0 Å². The van der Waals surface area contributed by atoms with E-state index in [0.29, 0.717) is 19.4 Å². The van der Waals surface area contributed by atoms with Crippen molar-refractivity contribution >= 4 is 27.3 Å². The van der Waals surface area contributed by atoms with E-state index in [-0.39, 0.29) is 28.2 Å². The molecule has 0 bridgehead atoms. The van der Waals surface area contributed by atoms with Gasteiger partial charge in [-0.15, -0.1) is 0 Å². The highest BCUT2D eigenvalue weighted by Gasteiger charge is 2.64. The molecule has 3 heterocycles. The smallest absolute Gasteiger partial charge is 0.275 e. The summed E-state index contributed by atoms with van der Waals surface area (Å²) in [7, 11) is -4.08. The molecule has 0 N–H and O–H groups in total. The van der Waals surface area contributed by atoms with Crippen molar-refractivity contribution in [2.24, 2.45) is 5.41 Å². The number of rotatable bonds is 3. The lowest BCUT2D eigenvalue weighted by Gasteiger charge is -2.63. The van der Waals surface area contributed by atoms with Crippen molar-refractivity contribution in [3.05, 3.63) is 47.1 Å². The number of sulfone groups is 1. The molecule has 2 fully saturated rings. The molecular weight excluding hydrogens is 447 g/mol. The van der Waals surface area contributed by atoms with Gasteiger partial charge in [0.25, 0.3) is 5.91 Å². The van der Waals surface area contributed by atoms with E-state index in [4.69, 9.17) is 16.3 Å². The van der Waals surface area contributed by atoms with Crippen LogP contribution in [0.5, 0.6) is 5.88 Å². The maximum absolute atomic E-state index is 14.5. The molecule has 1 saturated heterocycles. The lowest BCUT2D eigenvalue weighted by molar-refractivity contribution is -0.190. The van der Waals surface area contributed by atoms with E-state index < -0.39 is 38.4 Å². The fourth-order valence-corrected chi connectivity index (χ4v) is 7.20. The summed E-state index contributed by atoms with van der Waals surface area (Å²) in [6, 6.07) is 4.88. The Morgan fingerprint density at radius 2 is 2.03 bits per heavy atom. The van der Waals surface area contributed by atoms with Gasteiger partial charge >= 0.3 is 0 Å². The van der Waals surface area contributed by atoms with Gasteiger partial charge in [-0.25, -0.2) is 17.8 Å². The highest BCUT2D eigenvalue weighted by atomic mass is 35.5. The van der Waals surface area contributed by atoms with Gasteiger partial charge in [0.15, 0.2) is 9.84 Å². The Morgan fingerprint density at radius 1 is 1.29 bits per heavy atom. The van der Waals surface area contributed by atoms with Crippen molar-refractivity contribution in [3.8, 4) is 5.88 Å². The quantitative estimate of drug-likeness (QED) is 0.642. The lowest BCUT2D eigenvalue weighted by atomic mass is 9.64. The maximum Gasteiger partial charge on any atom is 0.275 e. The third kappa shape index (κ3) is 3.03. The van der Waals surface area contributed by atoms with Crippen LogP contribution in [0.1, 0.15) is 36.5 Å². The number of hydrazine groups is 1. The van der Waals surface area contributed by atoms with Crippen molar-refractivity contribution in [1.29, 1.82) is 0 Å². The summed E-state index contributed by atoms with van der Waals surface area (Å²) in [4.78, 5) is 20.9. The second kappa shape index (κ2) is 7.11. The van der Waals surface area contributed by atoms with Crippen LogP contribution < -0.4 is 4.74 Å². The Labute approximate surface area is 183 Å². The van der Waals surface area contributed by atoms with Crippen LogP contribution in [0.25, 0.3) is 0 Å². The third-order valence-electron chi connectivity index (χ3n) is 6.38. The molecule has 0 radical (unpaired) electrons. The van der Waals surface area contributed by atoms with Crippen LogP contribution in [0.15, 0.2) is 35.4 Å². The van der Waals surface area contributed by atoms with Gasteiger partial charge in [-0.1, -0.05) is 18.6 Å². The second-order valence-corrected chi connectivity index (χ2v) is 10.6. The van der Waals surface area contributed by atoms with E-state index in [2.05, 4.69) is 9.97 Å². The molecule has 2 aromatic rings. The number of carbonyl (C=O) groups excluding carboxylic acids is 1. The molecule has 2 atom stereocenters. The van der Waals surface area contributed by atoms with Crippen molar-refractivity contribution in [3.63, 3.8) is 0 Å². The molecule has 0 unspecified atom stereocenters.